The number of nitrogens with one attached hydrogen (secondary N) is 4. The summed E-state index contributed by atoms with van der Waals surface area (Å²) >= 11 is 0. The van der Waals surface area contributed by atoms with Crippen LogP contribution in [0.15, 0.2) is 102 Å². The van der Waals surface area contributed by atoms with Crippen molar-refractivity contribution in [3.63, 3.8) is 0 Å². The lowest BCUT2D eigenvalue weighted by Gasteiger charge is -2.58. The number of anilines is 3. The van der Waals surface area contributed by atoms with Crippen molar-refractivity contribution in [2.24, 2.45) is 11.3 Å². The number of nitrogens with two attached hydrogens (primary N) is 1. The SMILES string of the molecule is COc1ccc(CN2CCN(C3CC4(CCN(c5cc(Oc6cnc7[nH]ccc7c6)c(C(=O)NS(=O)(=O)c6cc(N)c(NCC7CCC(C)(O)CC7)c7[nH]cnc67)cc5F)CC4)C3)C(c3ccccc3C(C)C)C2)cc1. The third-order valence-corrected chi connectivity index (χ3v) is 18.2. The molecule has 0 bridgehead atoms. The molecule has 2 aliphatic heterocycles. The first-order valence-corrected chi connectivity index (χ1v) is 28.2. The second-order valence-electron chi connectivity index (χ2n) is 22.4. The number of ether oxygens (including phenoxy) is 2. The number of methoxy groups -OCH3 is 1. The average molecular weight is 1050 g/mol. The van der Waals surface area contributed by atoms with Crippen molar-refractivity contribution in [1.82, 2.24) is 34.5 Å². The lowest BCUT2D eigenvalue weighted by atomic mass is 9.59. The number of rotatable bonds is 15. The van der Waals surface area contributed by atoms with Gasteiger partial charge in [0.1, 0.15) is 39.1 Å². The summed E-state index contributed by atoms with van der Waals surface area (Å²) in [6, 6.07) is 25.4. The van der Waals surface area contributed by atoms with Gasteiger partial charge in [-0.15, -0.1) is 0 Å². The number of carbonyl (C=O) groups is 1. The standard InChI is InChI=1S/C58H69FN10O6S/c1-36(2)43-7-5-6-8-44(43)49-34-67(33-38-9-11-41(74-4)12-10-38)23-24-69(49)40-29-58(30-40)18-21-68(22-19-58)48-28-50(75-42-25-39-15-20-61-55(39)63-32-42)45(26-46(48)59)56(70)66-76(72,73)51-27-47(60)52(54-53(51)64-35-65-54)62-31-37-13-16-57(3,71)17-14-37/h5-12,15,20,25-28,32,35-37,40,49,62,71H,13-14,16-19,21-24,29-31,33-34,60H2,1-4H3,(H,61,63)(H,64,65)(H,66,70). The topological polar surface area (TPSA) is 207 Å². The highest BCUT2D eigenvalue weighted by Gasteiger charge is 2.50. The Labute approximate surface area is 443 Å². The van der Waals surface area contributed by atoms with Gasteiger partial charge in [-0.05, 0) is 129 Å². The number of sulfonamides is 1. The number of pyridine rings is 1. The zero-order valence-electron chi connectivity index (χ0n) is 43.7. The van der Waals surface area contributed by atoms with Gasteiger partial charge < -0.3 is 40.5 Å². The number of halogens is 1. The second kappa shape index (κ2) is 20.7. The fourth-order valence-corrected chi connectivity index (χ4v) is 13.6. The van der Waals surface area contributed by atoms with E-state index >= 15 is 4.39 Å². The molecule has 7 aromatic rings. The van der Waals surface area contributed by atoms with Crippen molar-refractivity contribution in [1.29, 1.82) is 0 Å². The Morgan fingerprint density at radius 2 is 1.71 bits per heavy atom. The molecular weight excluding hydrogens is 984 g/mol. The molecule has 2 saturated heterocycles. The van der Waals surface area contributed by atoms with Crippen molar-refractivity contribution in [2.75, 3.05) is 62.3 Å². The lowest BCUT2D eigenvalue weighted by molar-refractivity contribution is -0.0628. The number of hydrogen-bond acceptors (Lipinski definition) is 13. The van der Waals surface area contributed by atoms with E-state index in [0.29, 0.717) is 61.3 Å². The van der Waals surface area contributed by atoms with Gasteiger partial charge in [0.05, 0.1) is 53.4 Å². The summed E-state index contributed by atoms with van der Waals surface area (Å²) in [5.41, 5.74) is 11.7. The largest absolute Gasteiger partial charge is 0.497 e. The van der Waals surface area contributed by atoms with Gasteiger partial charge in [-0.3, -0.25) is 14.6 Å². The quantitative estimate of drug-likeness (QED) is 0.0530. The molecule has 400 valence electrons. The molecule has 11 rings (SSSR count). The molecule has 1 amide bonds. The number of aromatic amines is 2. The number of imidazole rings is 1. The van der Waals surface area contributed by atoms with E-state index in [1.54, 1.807) is 19.4 Å². The Bertz CT molecular complexity index is 3350. The summed E-state index contributed by atoms with van der Waals surface area (Å²) < 4.78 is 59.2. The molecule has 16 nitrogen and oxygen atoms in total. The van der Waals surface area contributed by atoms with Crippen molar-refractivity contribution >= 4 is 55.1 Å². The van der Waals surface area contributed by atoms with Crippen molar-refractivity contribution in [3.8, 4) is 17.2 Å². The normalized spacial score (nSPS) is 21.5. The van der Waals surface area contributed by atoms with Gasteiger partial charge in [0.2, 0.25) is 0 Å². The van der Waals surface area contributed by atoms with E-state index < -0.39 is 27.3 Å². The minimum atomic E-state index is -4.64. The monoisotopic (exact) mass is 1050 g/mol. The van der Waals surface area contributed by atoms with Gasteiger partial charge in [0, 0.05) is 75.5 Å². The highest BCUT2D eigenvalue weighted by molar-refractivity contribution is 7.90. The molecule has 1 spiro atoms. The van der Waals surface area contributed by atoms with E-state index in [9.17, 15) is 18.3 Å². The van der Waals surface area contributed by atoms with Crippen LogP contribution in [-0.2, 0) is 16.6 Å². The van der Waals surface area contributed by atoms with Crippen molar-refractivity contribution < 1.29 is 32.2 Å². The highest BCUT2D eigenvalue weighted by atomic mass is 32.2. The summed E-state index contributed by atoms with van der Waals surface area (Å²) in [6.07, 6.45) is 11.5. The minimum absolute atomic E-state index is 0.0307. The summed E-state index contributed by atoms with van der Waals surface area (Å²) in [5.74, 6) is 0.0212. The first kappa shape index (κ1) is 51.4. The van der Waals surface area contributed by atoms with Crippen LogP contribution in [-0.4, -0.2) is 107 Å². The average Bonchev–Trinajstić information content (AvgIpc) is 4.12. The van der Waals surface area contributed by atoms with Crippen molar-refractivity contribution in [2.45, 2.75) is 107 Å². The smallest absolute Gasteiger partial charge is 0.268 e. The van der Waals surface area contributed by atoms with Gasteiger partial charge in [0.15, 0.2) is 0 Å². The van der Waals surface area contributed by atoms with Crippen LogP contribution >= 0.6 is 0 Å². The van der Waals surface area contributed by atoms with E-state index in [1.807, 2.05) is 30.0 Å². The van der Waals surface area contributed by atoms with Crippen LogP contribution in [0.1, 0.15) is 111 Å². The van der Waals surface area contributed by atoms with E-state index in [1.165, 1.54) is 41.3 Å². The molecule has 2 saturated carbocycles. The summed E-state index contributed by atoms with van der Waals surface area (Å²) in [4.78, 5) is 36.2. The number of benzene rings is 4. The zero-order valence-corrected chi connectivity index (χ0v) is 44.6. The maximum absolute atomic E-state index is 16.7. The third-order valence-electron chi connectivity index (χ3n) is 16.9. The highest BCUT2D eigenvalue weighted by Crippen LogP contribution is 2.54. The summed E-state index contributed by atoms with van der Waals surface area (Å²) in [5, 5.41) is 14.6. The molecule has 1 unspecified atom stereocenters. The first-order chi connectivity index (χ1) is 36.5. The molecule has 1 atom stereocenters. The van der Waals surface area contributed by atoms with Gasteiger partial charge in [-0.1, -0.05) is 50.2 Å². The predicted octanol–water partition coefficient (Wildman–Crippen LogP) is 9.86. The molecule has 3 aromatic heterocycles. The van der Waals surface area contributed by atoms with Gasteiger partial charge >= 0.3 is 0 Å². The number of piperidine rings is 1. The molecule has 7 N–H and O–H groups in total. The summed E-state index contributed by atoms with van der Waals surface area (Å²) in [6.45, 7) is 11.9. The van der Waals surface area contributed by atoms with Crippen LogP contribution in [0.3, 0.4) is 0 Å². The first-order valence-electron chi connectivity index (χ1n) is 26.7. The molecule has 2 aliphatic carbocycles. The van der Waals surface area contributed by atoms with Gasteiger partial charge in [0.25, 0.3) is 15.9 Å². The van der Waals surface area contributed by atoms with Crippen LogP contribution in [0.25, 0.3) is 22.1 Å². The number of hydrogen-bond donors (Lipinski definition) is 6. The molecule has 18 heteroatoms. The Balaban J connectivity index is 0.804. The van der Waals surface area contributed by atoms with Crippen LogP contribution in [0.5, 0.6) is 17.2 Å². The fourth-order valence-electron chi connectivity index (χ4n) is 12.5. The fraction of sp³-hybridized carbons (Fsp3) is 0.431. The number of nitrogens with zero attached hydrogens (tertiary/aromatic N) is 5. The Morgan fingerprint density at radius 1 is 0.947 bits per heavy atom. The number of carbonyl (C=O) groups excluding carboxylic acids is 1. The number of H-pyrrole nitrogens is 2. The third kappa shape index (κ3) is 10.4. The number of nitrogen functional groups attached to an aromatic ring is 1. The van der Waals surface area contributed by atoms with Crippen LogP contribution in [0.4, 0.5) is 21.5 Å². The number of aromatic nitrogens is 4. The molecular formula is C58H69FN10O6S. The lowest BCUT2D eigenvalue weighted by Crippen LogP contribution is -2.60. The summed E-state index contributed by atoms with van der Waals surface area (Å²) in [7, 11) is -2.95. The molecule has 4 fully saturated rings. The number of aliphatic hydroxyl groups is 1. The second-order valence-corrected chi connectivity index (χ2v) is 24.0. The van der Waals surface area contributed by atoms with Crippen LogP contribution in [0.2, 0.25) is 0 Å². The van der Waals surface area contributed by atoms with E-state index in [2.05, 4.69) is 90.0 Å². The van der Waals surface area contributed by atoms with Gasteiger partial charge in [-0.2, -0.15) is 0 Å². The Kier molecular flexibility index (Phi) is 14.0. The van der Waals surface area contributed by atoms with Crippen LogP contribution in [0, 0.1) is 17.2 Å². The number of fused-ring (bicyclic) bond motifs is 2. The molecule has 76 heavy (non-hydrogen) atoms. The zero-order chi connectivity index (χ0) is 52.9. The Morgan fingerprint density at radius 3 is 2.46 bits per heavy atom. The maximum atomic E-state index is 16.7. The molecule has 4 aliphatic rings. The van der Waals surface area contributed by atoms with Crippen molar-refractivity contribution in [3.05, 3.63) is 126 Å². The van der Waals surface area contributed by atoms with E-state index in [-0.39, 0.29) is 56.2 Å². The molecule has 4 aromatic carbocycles. The number of piperazine rings is 1. The molecule has 0 radical (unpaired) electrons. The Hall–Kier alpha value is -6.73. The van der Waals surface area contributed by atoms with E-state index in [4.69, 9.17) is 15.2 Å². The molecule has 5 heterocycles. The predicted molar refractivity (Wildman–Crippen MR) is 294 cm³/mol. The van der Waals surface area contributed by atoms with E-state index in [0.717, 1.165) is 81.9 Å². The minimum Gasteiger partial charge on any atom is -0.497 e. The van der Waals surface area contributed by atoms with Gasteiger partial charge in [-0.25, -0.2) is 27.5 Å². The number of amides is 1. The maximum Gasteiger partial charge on any atom is 0.268 e. The van der Waals surface area contributed by atoms with Crippen LogP contribution < -0.4 is 30.1 Å².